The van der Waals surface area contributed by atoms with Crippen LogP contribution in [0.25, 0.3) is 0 Å². The predicted molar refractivity (Wildman–Crippen MR) is 86.0 cm³/mol. The zero-order valence-corrected chi connectivity index (χ0v) is 13.2. The van der Waals surface area contributed by atoms with E-state index in [0.29, 0.717) is 6.10 Å². The van der Waals surface area contributed by atoms with Crippen molar-refractivity contribution in [2.45, 2.75) is 49.9 Å². The Morgan fingerprint density at radius 3 is 3.14 bits per heavy atom. The maximum absolute atomic E-state index is 6.39. The zero-order chi connectivity index (χ0) is 14.3. The van der Waals surface area contributed by atoms with Crippen molar-refractivity contribution in [3.05, 3.63) is 29.3 Å². The van der Waals surface area contributed by atoms with Gasteiger partial charge in [0.25, 0.3) is 0 Å². The fraction of sp³-hybridized carbons (Fsp3) is 0.647. The highest BCUT2D eigenvalue weighted by atomic mass is 32.2. The summed E-state index contributed by atoms with van der Waals surface area (Å²) in [7, 11) is 0. The van der Waals surface area contributed by atoms with Crippen LogP contribution in [0.2, 0.25) is 0 Å². The van der Waals surface area contributed by atoms with E-state index in [1.54, 1.807) is 0 Å². The molecule has 1 spiro atoms. The van der Waals surface area contributed by atoms with Gasteiger partial charge in [0.15, 0.2) is 0 Å². The van der Waals surface area contributed by atoms with Crippen LogP contribution in [-0.2, 0) is 11.2 Å². The van der Waals surface area contributed by atoms with Crippen LogP contribution >= 0.6 is 11.8 Å². The van der Waals surface area contributed by atoms with E-state index in [0.717, 1.165) is 43.8 Å². The van der Waals surface area contributed by atoms with Gasteiger partial charge in [-0.2, -0.15) is 11.8 Å². The van der Waals surface area contributed by atoms with E-state index in [1.807, 2.05) is 11.8 Å². The van der Waals surface area contributed by atoms with Gasteiger partial charge in [-0.3, -0.25) is 0 Å². The first-order chi connectivity index (χ1) is 10.3. The molecule has 0 saturated carbocycles. The molecule has 1 aromatic carbocycles. The van der Waals surface area contributed by atoms with Crippen molar-refractivity contribution >= 4 is 11.8 Å². The summed E-state index contributed by atoms with van der Waals surface area (Å²) in [5.41, 5.74) is 8.87. The van der Waals surface area contributed by atoms with Crippen molar-refractivity contribution in [2.75, 3.05) is 18.1 Å². The summed E-state index contributed by atoms with van der Waals surface area (Å²) >= 11 is 2.01. The molecule has 0 bridgehead atoms. The van der Waals surface area contributed by atoms with Crippen LogP contribution in [0, 0.1) is 0 Å². The van der Waals surface area contributed by atoms with Gasteiger partial charge in [0.05, 0.1) is 12.2 Å². The fourth-order valence-corrected chi connectivity index (χ4v) is 5.27. The Labute approximate surface area is 130 Å². The van der Waals surface area contributed by atoms with Gasteiger partial charge in [-0.05, 0) is 42.2 Å². The van der Waals surface area contributed by atoms with E-state index in [4.69, 9.17) is 15.2 Å². The standard InChI is InChI=1S/C17H23NO2S/c18-15-5-4-14-13(15)2-1-3-16(14)20-12-6-8-19-17(10-12)7-9-21-11-17/h1-3,12,15H,4-11,18H2. The molecular formula is C17H23NO2S. The van der Waals surface area contributed by atoms with Gasteiger partial charge in [0.2, 0.25) is 0 Å². The van der Waals surface area contributed by atoms with Crippen LogP contribution in [0.5, 0.6) is 5.75 Å². The lowest BCUT2D eigenvalue weighted by atomic mass is 9.91. The number of hydrogen-bond donors (Lipinski definition) is 1. The normalized spacial score (nSPS) is 35.1. The minimum Gasteiger partial charge on any atom is -0.490 e. The third kappa shape index (κ3) is 2.58. The summed E-state index contributed by atoms with van der Waals surface area (Å²) < 4.78 is 12.5. The van der Waals surface area contributed by atoms with E-state index >= 15 is 0 Å². The Balaban J connectivity index is 1.51. The van der Waals surface area contributed by atoms with E-state index in [9.17, 15) is 0 Å². The molecule has 2 fully saturated rings. The highest BCUT2D eigenvalue weighted by molar-refractivity contribution is 7.99. The quantitative estimate of drug-likeness (QED) is 0.912. The molecule has 3 atom stereocenters. The number of thioether (sulfide) groups is 1. The van der Waals surface area contributed by atoms with Crippen molar-refractivity contribution in [3.63, 3.8) is 0 Å². The molecule has 114 valence electrons. The molecule has 21 heavy (non-hydrogen) atoms. The van der Waals surface area contributed by atoms with Gasteiger partial charge >= 0.3 is 0 Å². The molecule has 1 aromatic rings. The van der Waals surface area contributed by atoms with Gasteiger partial charge in [0.1, 0.15) is 11.9 Å². The molecule has 4 heteroatoms. The smallest absolute Gasteiger partial charge is 0.123 e. The Morgan fingerprint density at radius 1 is 1.33 bits per heavy atom. The molecule has 3 unspecified atom stereocenters. The number of fused-ring (bicyclic) bond motifs is 1. The third-order valence-corrected chi connectivity index (χ3v) is 6.31. The third-order valence-electron chi connectivity index (χ3n) is 5.08. The number of rotatable bonds is 2. The molecule has 0 radical (unpaired) electrons. The maximum atomic E-state index is 6.39. The van der Waals surface area contributed by atoms with E-state index in [-0.39, 0.29) is 11.6 Å². The van der Waals surface area contributed by atoms with Gasteiger partial charge in [0, 0.05) is 24.6 Å². The molecular weight excluding hydrogens is 282 g/mol. The summed E-state index contributed by atoms with van der Waals surface area (Å²) in [5.74, 6) is 3.42. The molecule has 3 nitrogen and oxygen atoms in total. The monoisotopic (exact) mass is 305 g/mol. The first-order valence-corrected chi connectivity index (χ1v) is 9.17. The van der Waals surface area contributed by atoms with Gasteiger partial charge in [-0.1, -0.05) is 12.1 Å². The highest BCUT2D eigenvalue weighted by Gasteiger charge is 2.41. The van der Waals surface area contributed by atoms with Crippen LogP contribution in [0.15, 0.2) is 18.2 Å². The molecule has 2 N–H and O–H groups in total. The molecule has 2 heterocycles. The van der Waals surface area contributed by atoms with Crippen LogP contribution in [0.3, 0.4) is 0 Å². The van der Waals surface area contributed by atoms with Crippen molar-refractivity contribution in [3.8, 4) is 5.75 Å². The van der Waals surface area contributed by atoms with E-state index in [1.165, 1.54) is 23.3 Å². The molecule has 1 aliphatic carbocycles. The largest absolute Gasteiger partial charge is 0.490 e. The number of nitrogens with two attached hydrogens (primary N) is 1. The van der Waals surface area contributed by atoms with Crippen molar-refractivity contribution in [2.24, 2.45) is 5.73 Å². The predicted octanol–water partition coefficient (Wildman–Crippen LogP) is 3.07. The highest BCUT2D eigenvalue weighted by Crippen LogP contribution is 2.41. The molecule has 2 saturated heterocycles. The second kappa shape index (κ2) is 5.49. The molecule has 0 amide bonds. The Bertz CT molecular complexity index is 528. The SMILES string of the molecule is NC1CCc2c(OC3CCOC4(CCSC4)C3)cccc21. The van der Waals surface area contributed by atoms with Gasteiger partial charge in [-0.15, -0.1) is 0 Å². The number of hydrogen-bond acceptors (Lipinski definition) is 4. The Morgan fingerprint density at radius 2 is 2.29 bits per heavy atom. The van der Waals surface area contributed by atoms with E-state index < -0.39 is 0 Å². The average molecular weight is 305 g/mol. The first kappa shape index (κ1) is 13.9. The summed E-state index contributed by atoms with van der Waals surface area (Å²) in [6, 6.07) is 6.54. The number of ether oxygens (including phenoxy) is 2. The number of benzene rings is 1. The Hall–Kier alpha value is -0.710. The first-order valence-electron chi connectivity index (χ1n) is 8.01. The van der Waals surface area contributed by atoms with Crippen molar-refractivity contribution in [1.82, 2.24) is 0 Å². The second-order valence-corrected chi connectivity index (χ2v) is 7.64. The molecule has 3 aliphatic rings. The van der Waals surface area contributed by atoms with Gasteiger partial charge < -0.3 is 15.2 Å². The minimum absolute atomic E-state index is 0.0853. The van der Waals surface area contributed by atoms with Crippen molar-refractivity contribution in [1.29, 1.82) is 0 Å². The lowest BCUT2D eigenvalue weighted by Gasteiger charge is -2.37. The topological polar surface area (TPSA) is 44.5 Å². The summed E-state index contributed by atoms with van der Waals surface area (Å²) in [6.45, 7) is 0.833. The lowest BCUT2D eigenvalue weighted by Crippen LogP contribution is -2.43. The Kier molecular flexibility index (Phi) is 3.64. The minimum atomic E-state index is 0.0853. The van der Waals surface area contributed by atoms with Gasteiger partial charge in [-0.25, -0.2) is 0 Å². The lowest BCUT2D eigenvalue weighted by molar-refractivity contribution is -0.0960. The molecule has 0 aromatic heterocycles. The second-order valence-electron chi connectivity index (χ2n) is 6.54. The molecule has 4 rings (SSSR count). The average Bonchev–Trinajstić information content (AvgIpc) is 3.08. The summed E-state index contributed by atoms with van der Waals surface area (Å²) in [5, 5.41) is 0. The van der Waals surface area contributed by atoms with Crippen LogP contribution < -0.4 is 10.5 Å². The fourth-order valence-electron chi connectivity index (χ4n) is 3.89. The van der Waals surface area contributed by atoms with E-state index in [2.05, 4.69) is 18.2 Å². The summed E-state index contributed by atoms with van der Waals surface area (Å²) in [4.78, 5) is 0. The summed E-state index contributed by atoms with van der Waals surface area (Å²) in [6.07, 6.45) is 5.61. The zero-order valence-electron chi connectivity index (χ0n) is 12.3. The van der Waals surface area contributed by atoms with Crippen molar-refractivity contribution < 1.29 is 9.47 Å². The van der Waals surface area contributed by atoms with Crippen LogP contribution in [0.4, 0.5) is 0 Å². The van der Waals surface area contributed by atoms with Crippen LogP contribution in [0.1, 0.15) is 42.9 Å². The maximum Gasteiger partial charge on any atom is 0.123 e. The molecule has 2 aliphatic heterocycles. The van der Waals surface area contributed by atoms with Crippen LogP contribution in [-0.4, -0.2) is 29.8 Å².